The highest BCUT2D eigenvalue weighted by molar-refractivity contribution is 7.98. The average molecular weight is 445 g/mol. The van der Waals surface area contributed by atoms with Crippen molar-refractivity contribution in [2.75, 3.05) is 11.6 Å². The summed E-state index contributed by atoms with van der Waals surface area (Å²) in [7, 11) is -4.03. The SMILES string of the molecule is CSc1cccc(NC(=O)[C@@H](Cc2ccccc2)NS(=O)(=O)c2ccc(F)cc2)c1. The van der Waals surface area contributed by atoms with Gasteiger partial charge in [0.1, 0.15) is 11.9 Å². The van der Waals surface area contributed by atoms with Crippen LogP contribution in [-0.4, -0.2) is 26.6 Å². The number of nitrogens with one attached hydrogen (secondary N) is 2. The van der Waals surface area contributed by atoms with Crippen LogP contribution in [0.25, 0.3) is 0 Å². The van der Waals surface area contributed by atoms with Crippen molar-refractivity contribution in [3.8, 4) is 0 Å². The molecule has 0 fully saturated rings. The number of hydrogen-bond acceptors (Lipinski definition) is 4. The minimum Gasteiger partial charge on any atom is -0.325 e. The third kappa shape index (κ3) is 5.91. The minimum atomic E-state index is -4.03. The van der Waals surface area contributed by atoms with Gasteiger partial charge in [-0.2, -0.15) is 4.72 Å². The molecule has 156 valence electrons. The van der Waals surface area contributed by atoms with Gasteiger partial charge in [-0.1, -0.05) is 36.4 Å². The lowest BCUT2D eigenvalue weighted by Crippen LogP contribution is -2.45. The number of carbonyl (C=O) groups is 1. The van der Waals surface area contributed by atoms with E-state index in [1.165, 1.54) is 11.8 Å². The monoisotopic (exact) mass is 444 g/mol. The van der Waals surface area contributed by atoms with Crippen LogP contribution < -0.4 is 10.0 Å². The molecule has 0 saturated carbocycles. The molecule has 0 spiro atoms. The quantitative estimate of drug-likeness (QED) is 0.514. The molecule has 30 heavy (non-hydrogen) atoms. The van der Waals surface area contributed by atoms with Gasteiger partial charge in [0.15, 0.2) is 0 Å². The van der Waals surface area contributed by atoms with Crippen molar-refractivity contribution in [3.63, 3.8) is 0 Å². The fourth-order valence-corrected chi connectivity index (χ4v) is 4.49. The topological polar surface area (TPSA) is 75.3 Å². The van der Waals surface area contributed by atoms with Gasteiger partial charge in [0.25, 0.3) is 0 Å². The highest BCUT2D eigenvalue weighted by atomic mass is 32.2. The molecule has 2 N–H and O–H groups in total. The molecule has 0 saturated heterocycles. The Bertz CT molecular complexity index is 1100. The van der Waals surface area contributed by atoms with Gasteiger partial charge >= 0.3 is 0 Å². The maximum absolute atomic E-state index is 13.2. The zero-order chi connectivity index (χ0) is 21.6. The molecular formula is C22H21FN2O3S2. The third-order valence-electron chi connectivity index (χ3n) is 4.36. The van der Waals surface area contributed by atoms with Gasteiger partial charge in [-0.05, 0) is 60.7 Å². The number of hydrogen-bond donors (Lipinski definition) is 2. The Hall–Kier alpha value is -2.68. The molecule has 8 heteroatoms. The molecule has 5 nitrogen and oxygen atoms in total. The molecule has 0 aromatic heterocycles. The number of thioether (sulfide) groups is 1. The van der Waals surface area contributed by atoms with Crippen molar-refractivity contribution in [2.45, 2.75) is 22.3 Å². The summed E-state index contributed by atoms with van der Waals surface area (Å²) < 4.78 is 41.2. The van der Waals surface area contributed by atoms with Crippen molar-refractivity contribution in [1.82, 2.24) is 4.72 Å². The van der Waals surface area contributed by atoms with Crippen LogP contribution in [0.4, 0.5) is 10.1 Å². The van der Waals surface area contributed by atoms with Gasteiger partial charge in [-0.25, -0.2) is 12.8 Å². The number of halogens is 1. The van der Waals surface area contributed by atoms with Crippen LogP contribution in [0.1, 0.15) is 5.56 Å². The van der Waals surface area contributed by atoms with Gasteiger partial charge in [0.2, 0.25) is 15.9 Å². The molecule has 0 unspecified atom stereocenters. The molecule has 0 bridgehead atoms. The van der Waals surface area contributed by atoms with E-state index >= 15 is 0 Å². The molecule has 0 heterocycles. The first-order chi connectivity index (χ1) is 14.4. The first-order valence-electron chi connectivity index (χ1n) is 9.14. The Morgan fingerprint density at radius 1 is 1.00 bits per heavy atom. The fourth-order valence-electron chi connectivity index (χ4n) is 2.84. The summed E-state index contributed by atoms with van der Waals surface area (Å²) in [5.74, 6) is -1.02. The van der Waals surface area contributed by atoms with Crippen LogP contribution in [0, 0.1) is 5.82 Å². The number of amides is 1. The molecule has 0 aliphatic rings. The number of sulfonamides is 1. The Kier molecular flexibility index (Phi) is 7.25. The lowest BCUT2D eigenvalue weighted by atomic mass is 10.1. The van der Waals surface area contributed by atoms with E-state index in [1.54, 1.807) is 6.07 Å². The highest BCUT2D eigenvalue weighted by Crippen LogP contribution is 2.20. The number of anilines is 1. The fraction of sp³-hybridized carbons (Fsp3) is 0.136. The predicted octanol–water partition coefficient (Wildman–Crippen LogP) is 4.08. The standard InChI is InChI=1S/C22H21FN2O3S2/c1-29-19-9-5-8-18(15-19)24-22(26)21(14-16-6-3-2-4-7-16)25-30(27,28)20-12-10-17(23)11-13-20/h2-13,15,21,25H,14H2,1H3,(H,24,26)/t21-/m1/s1. The minimum absolute atomic E-state index is 0.112. The Labute approximate surface area is 179 Å². The highest BCUT2D eigenvalue weighted by Gasteiger charge is 2.26. The molecule has 3 aromatic carbocycles. The third-order valence-corrected chi connectivity index (χ3v) is 6.57. The molecular weight excluding hydrogens is 423 g/mol. The van der Waals surface area contributed by atoms with Crippen molar-refractivity contribution < 1.29 is 17.6 Å². The van der Waals surface area contributed by atoms with Crippen molar-refractivity contribution in [2.24, 2.45) is 0 Å². The maximum Gasteiger partial charge on any atom is 0.242 e. The van der Waals surface area contributed by atoms with Crippen LogP contribution in [0.3, 0.4) is 0 Å². The smallest absolute Gasteiger partial charge is 0.242 e. The number of rotatable bonds is 8. The van der Waals surface area contributed by atoms with E-state index in [0.29, 0.717) is 5.69 Å². The molecule has 3 aromatic rings. The van der Waals surface area contributed by atoms with Crippen LogP contribution in [0.15, 0.2) is 88.7 Å². The second-order valence-electron chi connectivity index (χ2n) is 6.54. The van der Waals surface area contributed by atoms with E-state index in [0.717, 1.165) is 34.7 Å². The lowest BCUT2D eigenvalue weighted by Gasteiger charge is -2.19. The first-order valence-corrected chi connectivity index (χ1v) is 11.8. The number of benzene rings is 3. The van der Waals surface area contributed by atoms with Gasteiger partial charge < -0.3 is 5.32 Å². The maximum atomic E-state index is 13.2. The molecule has 1 atom stereocenters. The first kappa shape index (κ1) is 22.0. The van der Waals surface area contributed by atoms with Crippen LogP contribution in [0.5, 0.6) is 0 Å². The van der Waals surface area contributed by atoms with Crippen LogP contribution in [0.2, 0.25) is 0 Å². The van der Waals surface area contributed by atoms with Gasteiger partial charge in [0.05, 0.1) is 4.90 Å². The summed E-state index contributed by atoms with van der Waals surface area (Å²) in [4.78, 5) is 13.8. The summed E-state index contributed by atoms with van der Waals surface area (Å²) in [6, 6.07) is 19.8. The molecule has 0 aliphatic heterocycles. The normalized spacial score (nSPS) is 12.3. The van der Waals surface area contributed by atoms with Crippen LogP contribution in [-0.2, 0) is 21.2 Å². The zero-order valence-corrected chi connectivity index (χ0v) is 17.8. The van der Waals surface area contributed by atoms with Crippen molar-refractivity contribution >= 4 is 33.4 Å². The van der Waals surface area contributed by atoms with E-state index in [1.807, 2.05) is 54.8 Å². The summed E-state index contributed by atoms with van der Waals surface area (Å²) in [5.41, 5.74) is 1.38. The van der Waals surface area contributed by atoms with Gasteiger partial charge in [0, 0.05) is 10.6 Å². The zero-order valence-electron chi connectivity index (χ0n) is 16.2. The van der Waals surface area contributed by atoms with Crippen molar-refractivity contribution in [3.05, 3.63) is 90.2 Å². The lowest BCUT2D eigenvalue weighted by molar-refractivity contribution is -0.117. The second kappa shape index (κ2) is 9.88. The molecule has 1 amide bonds. The second-order valence-corrected chi connectivity index (χ2v) is 9.13. The Balaban J connectivity index is 1.85. The van der Waals surface area contributed by atoms with E-state index in [-0.39, 0.29) is 11.3 Å². The van der Waals surface area contributed by atoms with Crippen molar-refractivity contribution in [1.29, 1.82) is 0 Å². The Morgan fingerprint density at radius 2 is 1.70 bits per heavy atom. The van der Waals surface area contributed by atoms with Gasteiger partial charge in [-0.3, -0.25) is 4.79 Å². The average Bonchev–Trinajstić information content (AvgIpc) is 2.74. The molecule has 0 radical (unpaired) electrons. The summed E-state index contributed by atoms with van der Waals surface area (Å²) in [6.07, 6.45) is 2.09. The molecule has 0 aliphatic carbocycles. The van der Waals surface area contributed by atoms with E-state index in [2.05, 4.69) is 10.0 Å². The van der Waals surface area contributed by atoms with Gasteiger partial charge in [-0.15, -0.1) is 11.8 Å². The van der Waals surface area contributed by atoms with Crippen LogP contribution >= 0.6 is 11.8 Å². The number of carbonyl (C=O) groups excluding carboxylic acids is 1. The van der Waals surface area contributed by atoms with E-state index < -0.39 is 27.8 Å². The predicted molar refractivity (Wildman–Crippen MR) is 118 cm³/mol. The summed E-state index contributed by atoms with van der Waals surface area (Å²) in [6.45, 7) is 0. The summed E-state index contributed by atoms with van der Waals surface area (Å²) >= 11 is 1.54. The van der Waals surface area contributed by atoms with E-state index in [4.69, 9.17) is 0 Å². The summed E-state index contributed by atoms with van der Waals surface area (Å²) in [5, 5.41) is 2.78. The van der Waals surface area contributed by atoms with E-state index in [9.17, 15) is 17.6 Å². The molecule has 3 rings (SSSR count). The Morgan fingerprint density at radius 3 is 2.37 bits per heavy atom. The largest absolute Gasteiger partial charge is 0.325 e.